The molecule has 2 unspecified atom stereocenters. The van der Waals surface area contributed by atoms with E-state index >= 15 is 0 Å². The molecule has 0 heterocycles. The SMILES string of the molecule is CNC(=O)Oc1ccc(-c2ccc(O)c3c2C[C@@H]2C[C@@H]4[C@@H](N(C)C)C(=O)C(C(N)=O)C(=O)[C@]4(O)C(=O)C2C3=O)cc1. The van der Waals surface area contributed by atoms with Crippen LogP contribution in [0.15, 0.2) is 36.4 Å². The fraction of sp³-hybridized carbons (Fsp3) is 0.379. The zero-order valence-corrected chi connectivity index (χ0v) is 22.5. The number of phenols is 1. The molecule has 214 valence electrons. The molecule has 12 heteroatoms. The number of aliphatic hydroxyl groups is 1. The number of nitrogens with one attached hydrogen (secondary N) is 1. The highest BCUT2D eigenvalue weighted by atomic mass is 16.5. The maximum absolute atomic E-state index is 13.9. The summed E-state index contributed by atoms with van der Waals surface area (Å²) < 4.78 is 5.12. The number of aromatic hydroxyl groups is 1. The van der Waals surface area contributed by atoms with Crippen LogP contribution in [-0.4, -0.2) is 83.0 Å². The molecule has 0 saturated heterocycles. The van der Waals surface area contributed by atoms with Gasteiger partial charge in [-0.2, -0.15) is 0 Å². The number of carbonyl (C=O) groups excluding carboxylic acids is 6. The van der Waals surface area contributed by atoms with E-state index < -0.39 is 70.4 Å². The van der Waals surface area contributed by atoms with Gasteiger partial charge in [-0.3, -0.25) is 28.9 Å². The molecule has 12 nitrogen and oxygen atoms in total. The summed E-state index contributed by atoms with van der Waals surface area (Å²) >= 11 is 0. The summed E-state index contributed by atoms with van der Waals surface area (Å²) in [5, 5.41) is 24.7. The first-order chi connectivity index (χ1) is 19.3. The van der Waals surface area contributed by atoms with Crippen LogP contribution in [0.1, 0.15) is 22.3 Å². The largest absolute Gasteiger partial charge is 0.507 e. The monoisotopic (exact) mass is 563 g/mol. The van der Waals surface area contributed by atoms with E-state index in [0.29, 0.717) is 16.7 Å². The van der Waals surface area contributed by atoms with Crippen molar-refractivity contribution in [1.29, 1.82) is 0 Å². The minimum Gasteiger partial charge on any atom is -0.507 e. The first kappa shape index (κ1) is 28.1. The standard InChI is InChI=1S/C29H29N3O9/c1-31-28(39)41-14-6-4-12(5-7-14)15-8-9-18(33)20-16(15)10-13-11-17-22(32(2)3)24(35)21(27(30)38)26(37)29(17,40)25(36)19(13)23(20)34/h4-9,13,17,19,21-22,33,40H,10-11H2,1-3H3,(H2,30,38)(H,31,39)/t13-,17-,19?,21?,22-,29-/m1/s1. The molecular weight excluding hydrogens is 534 g/mol. The van der Waals surface area contributed by atoms with Gasteiger partial charge < -0.3 is 26.0 Å². The lowest BCUT2D eigenvalue weighted by Gasteiger charge is -2.52. The molecule has 2 saturated carbocycles. The summed E-state index contributed by atoms with van der Waals surface area (Å²) in [6.45, 7) is 0. The molecule has 41 heavy (non-hydrogen) atoms. The van der Waals surface area contributed by atoms with Crippen LogP contribution in [0.25, 0.3) is 11.1 Å². The number of Topliss-reactive ketones (excluding diaryl/α,β-unsaturated/α-hetero) is 4. The normalized spacial score (nSPS) is 29.0. The third-order valence-corrected chi connectivity index (χ3v) is 8.52. The van der Waals surface area contributed by atoms with Gasteiger partial charge in [0, 0.05) is 13.0 Å². The quantitative estimate of drug-likeness (QED) is 0.375. The number of benzene rings is 2. The van der Waals surface area contributed by atoms with Gasteiger partial charge in [0.05, 0.1) is 17.5 Å². The van der Waals surface area contributed by atoms with E-state index in [1.807, 2.05) is 0 Å². The Bertz CT molecular complexity index is 1520. The minimum atomic E-state index is -2.77. The van der Waals surface area contributed by atoms with Crippen LogP contribution in [0.5, 0.6) is 11.5 Å². The second-order valence-electron chi connectivity index (χ2n) is 10.9. The van der Waals surface area contributed by atoms with Gasteiger partial charge in [-0.25, -0.2) is 4.79 Å². The predicted molar refractivity (Wildman–Crippen MR) is 142 cm³/mol. The van der Waals surface area contributed by atoms with Gasteiger partial charge >= 0.3 is 6.09 Å². The number of ketones is 4. The van der Waals surface area contributed by atoms with Crippen molar-refractivity contribution in [2.75, 3.05) is 21.1 Å². The number of fused-ring (bicyclic) bond motifs is 3. The molecule has 3 aliphatic rings. The Morgan fingerprint density at radius 3 is 2.29 bits per heavy atom. The van der Waals surface area contributed by atoms with Crippen molar-refractivity contribution in [3.8, 4) is 22.6 Å². The number of ether oxygens (including phenoxy) is 1. The topological polar surface area (TPSA) is 193 Å². The predicted octanol–water partition coefficient (Wildman–Crippen LogP) is 0.252. The van der Waals surface area contributed by atoms with Crippen LogP contribution in [0.2, 0.25) is 0 Å². The molecule has 5 N–H and O–H groups in total. The number of hydrogen-bond donors (Lipinski definition) is 4. The highest BCUT2D eigenvalue weighted by Gasteiger charge is 2.69. The summed E-state index contributed by atoms with van der Waals surface area (Å²) in [4.78, 5) is 79.4. The molecule has 6 atom stereocenters. The molecule has 2 aromatic carbocycles. The number of nitrogens with zero attached hydrogens (tertiary/aromatic N) is 1. The van der Waals surface area contributed by atoms with Gasteiger partial charge in [0.25, 0.3) is 0 Å². The minimum absolute atomic E-state index is 0.0438. The molecule has 0 bridgehead atoms. The molecule has 3 aliphatic carbocycles. The molecule has 0 radical (unpaired) electrons. The summed E-state index contributed by atoms with van der Waals surface area (Å²) in [5.41, 5.74) is 4.19. The molecule has 5 rings (SSSR count). The zero-order valence-electron chi connectivity index (χ0n) is 22.5. The smallest absolute Gasteiger partial charge is 0.412 e. The number of carbonyl (C=O) groups is 6. The highest BCUT2D eigenvalue weighted by Crippen LogP contribution is 2.51. The van der Waals surface area contributed by atoms with Crippen LogP contribution in [0.3, 0.4) is 0 Å². The highest BCUT2D eigenvalue weighted by molar-refractivity contribution is 6.32. The number of amides is 2. The van der Waals surface area contributed by atoms with Crippen LogP contribution in [0, 0.1) is 23.7 Å². The van der Waals surface area contributed by atoms with Crippen LogP contribution in [0.4, 0.5) is 4.79 Å². The lowest BCUT2D eigenvalue weighted by Crippen LogP contribution is -2.74. The number of nitrogens with two attached hydrogens (primary N) is 1. The summed E-state index contributed by atoms with van der Waals surface area (Å²) in [6, 6.07) is 8.27. The second kappa shape index (κ2) is 9.89. The van der Waals surface area contributed by atoms with Gasteiger partial charge in [0.1, 0.15) is 11.5 Å². The van der Waals surface area contributed by atoms with Crippen molar-refractivity contribution >= 4 is 35.1 Å². The van der Waals surface area contributed by atoms with E-state index in [1.54, 1.807) is 30.3 Å². The van der Waals surface area contributed by atoms with Crippen molar-refractivity contribution in [2.45, 2.75) is 24.5 Å². The average Bonchev–Trinajstić information content (AvgIpc) is 2.91. The number of phenolic OH excluding ortho intramolecular Hbond substituents is 1. The molecule has 0 aliphatic heterocycles. The number of hydrogen-bond acceptors (Lipinski definition) is 10. The lowest BCUT2D eigenvalue weighted by atomic mass is 9.52. The number of likely N-dealkylation sites (N-methyl/N-ethyl adjacent to an activating group) is 1. The summed E-state index contributed by atoms with van der Waals surface area (Å²) in [6.07, 6.45) is -0.555. The molecule has 0 spiro atoms. The van der Waals surface area contributed by atoms with Crippen LogP contribution < -0.4 is 15.8 Å². The maximum Gasteiger partial charge on any atom is 0.412 e. The van der Waals surface area contributed by atoms with Gasteiger partial charge in [0.15, 0.2) is 34.7 Å². The van der Waals surface area contributed by atoms with Crippen molar-refractivity contribution < 1.29 is 43.7 Å². The molecule has 0 aromatic heterocycles. The third kappa shape index (κ3) is 4.13. The first-order valence-corrected chi connectivity index (χ1v) is 13.0. The Balaban J connectivity index is 1.59. The van der Waals surface area contributed by atoms with E-state index in [0.717, 1.165) is 0 Å². The van der Waals surface area contributed by atoms with E-state index in [9.17, 15) is 39.0 Å². The van der Waals surface area contributed by atoms with Crippen LogP contribution >= 0.6 is 0 Å². The fourth-order valence-electron chi connectivity index (χ4n) is 6.74. The van der Waals surface area contributed by atoms with Gasteiger partial charge in [0.2, 0.25) is 5.91 Å². The molecule has 2 aromatic rings. The van der Waals surface area contributed by atoms with Crippen molar-refractivity contribution in [2.24, 2.45) is 29.4 Å². The summed E-state index contributed by atoms with van der Waals surface area (Å²) in [7, 11) is 4.49. The lowest BCUT2D eigenvalue weighted by molar-refractivity contribution is -0.181. The Morgan fingerprint density at radius 2 is 1.71 bits per heavy atom. The molecule has 2 amide bonds. The number of primary amides is 1. The van der Waals surface area contributed by atoms with Gasteiger partial charge in [-0.1, -0.05) is 18.2 Å². The van der Waals surface area contributed by atoms with Crippen molar-refractivity contribution in [1.82, 2.24) is 10.2 Å². The van der Waals surface area contributed by atoms with E-state index in [4.69, 9.17) is 10.5 Å². The Labute approximate surface area is 234 Å². The van der Waals surface area contributed by atoms with E-state index in [-0.39, 0.29) is 29.9 Å². The average molecular weight is 564 g/mol. The number of rotatable bonds is 4. The van der Waals surface area contributed by atoms with E-state index in [1.165, 1.54) is 32.1 Å². The first-order valence-electron chi connectivity index (χ1n) is 13.0. The van der Waals surface area contributed by atoms with E-state index in [2.05, 4.69) is 5.32 Å². The van der Waals surface area contributed by atoms with Gasteiger partial charge in [-0.05, 0) is 67.7 Å². The van der Waals surface area contributed by atoms with Crippen LogP contribution in [-0.2, 0) is 25.6 Å². The molecule has 2 fully saturated rings. The maximum atomic E-state index is 13.9. The van der Waals surface area contributed by atoms with Gasteiger partial charge in [-0.15, -0.1) is 0 Å². The molecular formula is C29H29N3O9. The summed E-state index contributed by atoms with van der Waals surface area (Å²) in [5.74, 6) is -10.7. The zero-order chi connectivity index (χ0) is 30.0. The second-order valence-corrected chi connectivity index (χ2v) is 10.9. The third-order valence-electron chi connectivity index (χ3n) is 8.52. The Morgan fingerprint density at radius 1 is 1.05 bits per heavy atom. The Kier molecular flexibility index (Phi) is 6.79. The Hall–Kier alpha value is -4.42. The fourth-order valence-corrected chi connectivity index (χ4v) is 6.74. The van der Waals surface area contributed by atoms with Crippen molar-refractivity contribution in [3.63, 3.8) is 0 Å². The van der Waals surface area contributed by atoms with Crippen molar-refractivity contribution in [3.05, 3.63) is 47.5 Å².